The van der Waals surface area contributed by atoms with Crippen LogP contribution in [0.5, 0.6) is 23.0 Å². The van der Waals surface area contributed by atoms with Gasteiger partial charge in [-0.1, -0.05) is 25.1 Å². The minimum atomic E-state index is -0.524. The van der Waals surface area contributed by atoms with E-state index in [0.717, 1.165) is 37.0 Å². The first-order valence-electron chi connectivity index (χ1n) is 10.5. The average molecular weight is 421 g/mol. The molecule has 2 aromatic rings. The van der Waals surface area contributed by atoms with Crippen molar-refractivity contribution in [3.63, 3.8) is 0 Å². The van der Waals surface area contributed by atoms with Gasteiger partial charge in [0.1, 0.15) is 6.61 Å². The van der Waals surface area contributed by atoms with Crippen molar-refractivity contribution in [1.29, 1.82) is 0 Å². The van der Waals surface area contributed by atoms with Crippen LogP contribution in [0.3, 0.4) is 0 Å². The minimum Gasteiger partial charge on any atom is -0.493 e. The number of rotatable bonds is 7. The first kappa shape index (κ1) is 20.8. The number of nitrogens with one attached hydrogen (secondary N) is 1. The summed E-state index contributed by atoms with van der Waals surface area (Å²) in [5, 5.41) is 2.87. The van der Waals surface area contributed by atoms with E-state index in [4.69, 9.17) is 18.9 Å². The molecule has 0 radical (unpaired) electrons. The van der Waals surface area contributed by atoms with Crippen LogP contribution < -0.4 is 24.3 Å². The first-order valence-corrected chi connectivity index (χ1v) is 10.5. The van der Waals surface area contributed by atoms with Crippen molar-refractivity contribution in [1.82, 2.24) is 0 Å². The summed E-state index contributed by atoms with van der Waals surface area (Å²) in [5.41, 5.74) is 1.48. The molecule has 1 spiro atoms. The number of methoxy groups -OCH3 is 1. The van der Waals surface area contributed by atoms with E-state index in [2.05, 4.69) is 11.9 Å². The third-order valence-electron chi connectivity index (χ3n) is 5.39. The molecule has 1 amide bonds. The lowest BCUT2D eigenvalue weighted by molar-refractivity contribution is -0.111. The van der Waals surface area contributed by atoms with Gasteiger partial charge in [-0.25, -0.2) is 0 Å². The lowest BCUT2D eigenvalue weighted by Crippen LogP contribution is -2.40. The Labute approximate surface area is 182 Å². The van der Waals surface area contributed by atoms with Gasteiger partial charge >= 0.3 is 0 Å². The van der Waals surface area contributed by atoms with Crippen LogP contribution in [0.2, 0.25) is 0 Å². The van der Waals surface area contributed by atoms with Gasteiger partial charge in [0.2, 0.25) is 5.91 Å². The highest BCUT2D eigenvalue weighted by molar-refractivity contribution is 6.02. The third-order valence-corrected chi connectivity index (χ3v) is 5.39. The quantitative estimate of drug-likeness (QED) is 0.483. The summed E-state index contributed by atoms with van der Waals surface area (Å²) >= 11 is 0. The SMILES string of the molecule is C=CCOc1ccc(/C=C/C(=O)Nc2ccc3c(c2)OC2(CCCCC2)O3)cc1OC. The molecule has 6 heteroatoms. The zero-order chi connectivity index (χ0) is 21.7. The Bertz CT molecular complexity index is 991. The predicted molar refractivity (Wildman–Crippen MR) is 120 cm³/mol. The van der Waals surface area contributed by atoms with Gasteiger partial charge in [0.25, 0.3) is 5.79 Å². The van der Waals surface area contributed by atoms with Crippen LogP contribution in [0.25, 0.3) is 6.08 Å². The molecule has 1 fully saturated rings. The summed E-state index contributed by atoms with van der Waals surface area (Å²) in [6.45, 7) is 4.03. The molecule has 162 valence electrons. The molecule has 31 heavy (non-hydrogen) atoms. The maximum absolute atomic E-state index is 12.4. The van der Waals surface area contributed by atoms with Crippen LogP contribution in [-0.2, 0) is 4.79 Å². The van der Waals surface area contributed by atoms with Crippen molar-refractivity contribution in [3.8, 4) is 23.0 Å². The molecule has 0 saturated heterocycles. The van der Waals surface area contributed by atoms with Gasteiger partial charge < -0.3 is 24.3 Å². The Hall–Kier alpha value is -3.41. The molecular weight excluding hydrogens is 394 g/mol. The van der Waals surface area contributed by atoms with E-state index in [1.165, 1.54) is 12.5 Å². The molecule has 1 heterocycles. The Kier molecular flexibility index (Phi) is 6.16. The van der Waals surface area contributed by atoms with Crippen molar-refractivity contribution in [2.24, 2.45) is 0 Å². The normalized spacial score (nSPS) is 16.3. The van der Waals surface area contributed by atoms with Crippen LogP contribution in [0.4, 0.5) is 5.69 Å². The fourth-order valence-electron chi connectivity index (χ4n) is 3.88. The smallest absolute Gasteiger partial charge is 0.251 e. The van der Waals surface area contributed by atoms with Gasteiger partial charge in [-0.3, -0.25) is 4.79 Å². The summed E-state index contributed by atoms with van der Waals surface area (Å²) in [5.74, 6) is 1.88. The predicted octanol–water partition coefficient (Wildman–Crippen LogP) is 5.34. The number of hydrogen-bond donors (Lipinski definition) is 1. The maximum atomic E-state index is 12.4. The van der Waals surface area contributed by atoms with Crippen LogP contribution in [0, 0.1) is 0 Å². The second-order valence-electron chi connectivity index (χ2n) is 7.67. The van der Waals surface area contributed by atoms with Crippen molar-refractivity contribution < 1.29 is 23.7 Å². The highest BCUT2D eigenvalue weighted by Gasteiger charge is 2.42. The van der Waals surface area contributed by atoms with Gasteiger partial charge in [0.15, 0.2) is 23.0 Å². The highest BCUT2D eigenvalue weighted by atomic mass is 16.7. The Morgan fingerprint density at radius 3 is 2.68 bits per heavy atom. The van der Waals surface area contributed by atoms with Gasteiger partial charge in [0.05, 0.1) is 7.11 Å². The minimum absolute atomic E-state index is 0.239. The molecule has 2 aliphatic rings. The van der Waals surface area contributed by atoms with E-state index in [1.54, 1.807) is 25.3 Å². The number of fused-ring (bicyclic) bond motifs is 1. The zero-order valence-corrected chi connectivity index (χ0v) is 17.7. The zero-order valence-electron chi connectivity index (χ0n) is 17.7. The van der Waals surface area contributed by atoms with E-state index in [-0.39, 0.29) is 5.91 Å². The summed E-state index contributed by atoms with van der Waals surface area (Å²) in [7, 11) is 1.58. The standard InChI is InChI=1S/C25H27NO5/c1-3-15-29-20-10-7-18(16-22(20)28-2)8-12-24(27)26-19-9-11-21-23(17-19)31-25(30-21)13-5-4-6-14-25/h3,7-12,16-17H,1,4-6,13-15H2,2H3,(H,26,27)/b12-8+. The second kappa shape index (κ2) is 9.16. The lowest BCUT2D eigenvalue weighted by atomic mass is 9.94. The van der Waals surface area contributed by atoms with Crippen LogP contribution >= 0.6 is 0 Å². The lowest BCUT2D eigenvalue weighted by Gasteiger charge is -2.31. The molecule has 6 nitrogen and oxygen atoms in total. The van der Waals surface area contributed by atoms with Gasteiger partial charge in [-0.2, -0.15) is 0 Å². The van der Waals surface area contributed by atoms with Crippen molar-refractivity contribution >= 4 is 17.7 Å². The molecule has 4 rings (SSSR count). The summed E-state index contributed by atoms with van der Waals surface area (Å²) in [6.07, 6.45) is 10.1. The number of carbonyl (C=O) groups is 1. The third kappa shape index (κ3) is 4.85. The number of ether oxygens (including phenoxy) is 4. The van der Waals surface area contributed by atoms with E-state index < -0.39 is 5.79 Å². The number of benzene rings is 2. The molecule has 2 aromatic carbocycles. The van der Waals surface area contributed by atoms with E-state index in [9.17, 15) is 4.79 Å². The average Bonchev–Trinajstić information content (AvgIpc) is 3.13. The fourth-order valence-corrected chi connectivity index (χ4v) is 3.88. The fraction of sp³-hybridized carbons (Fsp3) is 0.320. The number of anilines is 1. The maximum Gasteiger partial charge on any atom is 0.251 e. The highest BCUT2D eigenvalue weighted by Crippen LogP contribution is 2.46. The molecule has 1 aliphatic carbocycles. The van der Waals surface area contributed by atoms with Crippen molar-refractivity contribution in [2.75, 3.05) is 19.0 Å². The summed E-state index contributed by atoms with van der Waals surface area (Å²) in [6, 6.07) is 11.0. The van der Waals surface area contributed by atoms with Gasteiger partial charge in [-0.15, -0.1) is 0 Å². The van der Waals surface area contributed by atoms with Gasteiger partial charge in [-0.05, 0) is 48.7 Å². The van der Waals surface area contributed by atoms with E-state index in [1.807, 2.05) is 30.3 Å². The Balaban J connectivity index is 1.39. The number of hydrogen-bond acceptors (Lipinski definition) is 5. The number of amides is 1. The monoisotopic (exact) mass is 421 g/mol. The molecule has 0 atom stereocenters. The molecule has 1 N–H and O–H groups in total. The molecular formula is C25H27NO5. The van der Waals surface area contributed by atoms with Crippen LogP contribution in [0.15, 0.2) is 55.1 Å². The van der Waals surface area contributed by atoms with Crippen LogP contribution in [-0.4, -0.2) is 25.4 Å². The molecule has 1 saturated carbocycles. The molecule has 0 unspecified atom stereocenters. The summed E-state index contributed by atoms with van der Waals surface area (Å²) in [4.78, 5) is 12.4. The molecule has 0 bridgehead atoms. The van der Waals surface area contributed by atoms with Gasteiger partial charge in [0, 0.05) is 30.7 Å². The number of carbonyl (C=O) groups excluding carboxylic acids is 1. The van der Waals surface area contributed by atoms with E-state index in [0.29, 0.717) is 29.5 Å². The van der Waals surface area contributed by atoms with E-state index >= 15 is 0 Å². The van der Waals surface area contributed by atoms with Crippen LogP contribution in [0.1, 0.15) is 37.7 Å². The van der Waals surface area contributed by atoms with Crippen molar-refractivity contribution in [2.45, 2.75) is 37.9 Å². The molecule has 1 aliphatic heterocycles. The topological polar surface area (TPSA) is 66.0 Å². The van der Waals surface area contributed by atoms with Crippen molar-refractivity contribution in [3.05, 3.63) is 60.7 Å². The largest absolute Gasteiger partial charge is 0.493 e. The Morgan fingerprint density at radius 2 is 1.90 bits per heavy atom. The summed E-state index contributed by atoms with van der Waals surface area (Å²) < 4.78 is 23.1. The second-order valence-corrected chi connectivity index (χ2v) is 7.67. The first-order chi connectivity index (χ1) is 15.1. The Morgan fingerprint density at radius 1 is 1.10 bits per heavy atom. The molecule has 0 aromatic heterocycles.